The molecular weight excluding hydrogens is 599 g/mol. The number of anilines is 3. The summed E-state index contributed by atoms with van der Waals surface area (Å²) in [6.07, 6.45) is 1.93. The van der Waals surface area contributed by atoms with E-state index < -0.39 is 0 Å². The monoisotopic (exact) mass is 641 g/mol. The highest BCUT2D eigenvalue weighted by atomic mass is 15.3. The van der Waals surface area contributed by atoms with Crippen LogP contribution < -0.4 is 4.90 Å². The third kappa shape index (κ3) is 4.05. The Morgan fingerprint density at radius 1 is 0.612 bits per heavy atom. The molecule has 0 N–H and O–H groups in total. The van der Waals surface area contributed by atoms with Gasteiger partial charge in [0.1, 0.15) is 5.65 Å². The highest BCUT2D eigenvalue weighted by Crippen LogP contribution is 2.56. The van der Waals surface area contributed by atoms with Gasteiger partial charge < -0.3 is 4.90 Å². The Balaban J connectivity index is 1.38. The van der Waals surface area contributed by atoms with Crippen LogP contribution in [0.2, 0.25) is 0 Å². The van der Waals surface area contributed by atoms with Gasteiger partial charge in [-0.2, -0.15) is 5.10 Å². The van der Waals surface area contributed by atoms with Crippen LogP contribution in [0.5, 0.6) is 0 Å². The number of rotatable bonds is 2. The molecule has 49 heavy (non-hydrogen) atoms. The SMILES string of the molecule is Cc1cc(C)n(-c2cccc(N3c4ccccc4C(C)(C)c4cc5c(cc43)-n3c4ncccc4c4cc(C(C)(C)C)cc(c43)C5(C)C)c2)n1. The van der Waals surface area contributed by atoms with Crippen LogP contribution in [0.4, 0.5) is 17.1 Å². The second kappa shape index (κ2) is 9.72. The number of benzene rings is 4. The first-order chi connectivity index (χ1) is 23.3. The molecule has 9 rings (SSSR count). The molecule has 0 spiro atoms. The molecule has 0 saturated carbocycles. The lowest BCUT2D eigenvalue weighted by Crippen LogP contribution is -2.33. The van der Waals surface area contributed by atoms with Crippen molar-refractivity contribution in [3.05, 3.63) is 136 Å². The molecule has 244 valence electrons. The van der Waals surface area contributed by atoms with Crippen LogP contribution in [0, 0.1) is 13.8 Å². The van der Waals surface area contributed by atoms with Gasteiger partial charge in [0, 0.05) is 39.2 Å². The van der Waals surface area contributed by atoms with Crippen molar-refractivity contribution in [2.24, 2.45) is 0 Å². The molecule has 0 aliphatic carbocycles. The fourth-order valence-electron chi connectivity index (χ4n) is 8.61. The van der Waals surface area contributed by atoms with Gasteiger partial charge >= 0.3 is 0 Å². The Morgan fingerprint density at radius 2 is 1.35 bits per heavy atom. The summed E-state index contributed by atoms with van der Waals surface area (Å²) < 4.78 is 4.50. The lowest BCUT2D eigenvalue weighted by Gasteiger charge is -2.44. The van der Waals surface area contributed by atoms with E-state index in [-0.39, 0.29) is 16.2 Å². The van der Waals surface area contributed by atoms with E-state index in [2.05, 4.69) is 163 Å². The number of aryl methyl sites for hydroxylation is 2. The van der Waals surface area contributed by atoms with Gasteiger partial charge in [0.05, 0.1) is 34.0 Å². The highest BCUT2D eigenvalue weighted by molar-refractivity contribution is 6.11. The van der Waals surface area contributed by atoms with Crippen molar-refractivity contribution >= 4 is 39.0 Å². The maximum atomic E-state index is 5.05. The zero-order valence-electron chi connectivity index (χ0n) is 30.0. The van der Waals surface area contributed by atoms with Crippen molar-refractivity contribution in [1.29, 1.82) is 0 Å². The zero-order chi connectivity index (χ0) is 34.2. The fourth-order valence-corrected chi connectivity index (χ4v) is 8.61. The molecule has 0 saturated heterocycles. The summed E-state index contributed by atoms with van der Waals surface area (Å²) in [5.74, 6) is 0. The third-order valence-corrected chi connectivity index (χ3v) is 11.3. The molecule has 0 bridgehead atoms. The molecule has 5 heteroatoms. The number of fused-ring (bicyclic) bond motifs is 7. The summed E-state index contributed by atoms with van der Waals surface area (Å²) in [6.45, 7) is 20.7. The van der Waals surface area contributed by atoms with E-state index >= 15 is 0 Å². The van der Waals surface area contributed by atoms with Crippen LogP contribution in [0.1, 0.15) is 87.7 Å². The predicted octanol–water partition coefficient (Wildman–Crippen LogP) is 11.0. The summed E-state index contributed by atoms with van der Waals surface area (Å²) in [5.41, 5.74) is 16.4. The van der Waals surface area contributed by atoms with Crippen molar-refractivity contribution < 1.29 is 0 Å². The summed E-state index contributed by atoms with van der Waals surface area (Å²) in [6, 6.07) is 34.0. The first kappa shape index (κ1) is 29.9. The van der Waals surface area contributed by atoms with E-state index in [1.807, 2.05) is 10.9 Å². The van der Waals surface area contributed by atoms with Gasteiger partial charge in [-0.3, -0.25) is 4.57 Å². The number of aromatic nitrogens is 4. The van der Waals surface area contributed by atoms with Crippen LogP contribution in [0.25, 0.3) is 33.3 Å². The van der Waals surface area contributed by atoms with E-state index in [1.165, 1.54) is 61.2 Å². The molecule has 7 aromatic rings. The summed E-state index contributed by atoms with van der Waals surface area (Å²) in [7, 11) is 0. The lowest BCUT2D eigenvalue weighted by atomic mass is 9.68. The minimum atomic E-state index is -0.235. The molecule has 2 aliphatic heterocycles. The van der Waals surface area contributed by atoms with Crippen LogP contribution in [0.15, 0.2) is 97.2 Å². The minimum absolute atomic E-state index is 0.0156. The Labute approximate surface area is 288 Å². The summed E-state index contributed by atoms with van der Waals surface area (Å²) in [4.78, 5) is 7.52. The maximum absolute atomic E-state index is 5.05. The minimum Gasteiger partial charge on any atom is -0.310 e. The van der Waals surface area contributed by atoms with E-state index in [0.717, 1.165) is 28.4 Å². The molecule has 0 unspecified atom stereocenters. The first-order valence-corrected chi connectivity index (χ1v) is 17.4. The van der Waals surface area contributed by atoms with Gasteiger partial charge in [-0.15, -0.1) is 0 Å². The van der Waals surface area contributed by atoms with Gasteiger partial charge in [-0.1, -0.05) is 78.8 Å². The van der Waals surface area contributed by atoms with E-state index in [4.69, 9.17) is 10.1 Å². The normalized spacial score (nSPS) is 15.7. The number of para-hydroxylation sites is 1. The average Bonchev–Trinajstić information content (AvgIpc) is 3.59. The number of pyridine rings is 1. The third-order valence-electron chi connectivity index (χ3n) is 11.3. The van der Waals surface area contributed by atoms with Crippen molar-refractivity contribution in [2.75, 3.05) is 4.90 Å². The Hall–Kier alpha value is -5.16. The quantitative estimate of drug-likeness (QED) is 0.189. The van der Waals surface area contributed by atoms with Gasteiger partial charge in [0.15, 0.2) is 0 Å². The summed E-state index contributed by atoms with van der Waals surface area (Å²) in [5, 5.41) is 7.31. The van der Waals surface area contributed by atoms with E-state index in [9.17, 15) is 0 Å². The van der Waals surface area contributed by atoms with Crippen LogP contribution >= 0.6 is 0 Å². The van der Waals surface area contributed by atoms with Crippen molar-refractivity contribution in [3.8, 4) is 11.4 Å². The predicted molar refractivity (Wildman–Crippen MR) is 203 cm³/mol. The number of hydrogen-bond acceptors (Lipinski definition) is 3. The number of nitrogens with zero attached hydrogens (tertiary/aromatic N) is 5. The van der Waals surface area contributed by atoms with E-state index in [1.54, 1.807) is 0 Å². The Bertz CT molecular complexity index is 2520. The van der Waals surface area contributed by atoms with Gasteiger partial charge in [0.25, 0.3) is 0 Å². The molecule has 0 amide bonds. The molecule has 4 aromatic carbocycles. The molecule has 0 fully saturated rings. The number of hydrogen-bond donors (Lipinski definition) is 0. The second-order valence-corrected chi connectivity index (χ2v) is 16.2. The van der Waals surface area contributed by atoms with Crippen LogP contribution in [-0.4, -0.2) is 19.3 Å². The molecule has 0 atom stereocenters. The smallest absolute Gasteiger partial charge is 0.145 e. The van der Waals surface area contributed by atoms with Crippen molar-refractivity contribution in [2.45, 2.75) is 78.6 Å². The van der Waals surface area contributed by atoms with Gasteiger partial charge in [0.2, 0.25) is 0 Å². The average molecular weight is 642 g/mol. The molecule has 0 radical (unpaired) electrons. The lowest BCUT2D eigenvalue weighted by molar-refractivity contribution is 0.580. The standard InChI is InChI=1S/C44H43N5/c1-26-20-27(2)49(46-26)30-15-12-14-29(23-30)47-37-18-11-10-17-33(37)43(6,7)34-24-35-39(25-38(34)47)48-40-32(31-16-13-19-45-41(31)48)21-28(42(3,4)5)22-36(40)44(35,8)9/h10-25H,1-9H3. The molecular formula is C44H43N5. The fraction of sp³-hybridized carbons (Fsp3) is 0.273. The highest BCUT2D eigenvalue weighted by Gasteiger charge is 2.42. The van der Waals surface area contributed by atoms with Crippen molar-refractivity contribution in [3.63, 3.8) is 0 Å². The summed E-state index contributed by atoms with van der Waals surface area (Å²) >= 11 is 0. The van der Waals surface area contributed by atoms with Crippen molar-refractivity contribution in [1.82, 2.24) is 19.3 Å². The topological polar surface area (TPSA) is 38.9 Å². The van der Waals surface area contributed by atoms with Crippen LogP contribution in [0.3, 0.4) is 0 Å². The largest absolute Gasteiger partial charge is 0.310 e. The molecule has 2 aliphatic rings. The molecule has 5 heterocycles. The molecule has 3 aromatic heterocycles. The second-order valence-electron chi connectivity index (χ2n) is 16.2. The Morgan fingerprint density at radius 3 is 2.10 bits per heavy atom. The first-order valence-electron chi connectivity index (χ1n) is 17.4. The van der Waals surface area contributed by atoms with E-state index in [0.29, 0.717) is 0 Å². The maximum Gasteiger partial charge on any atom is 0.145 e. The zero-order valence-corrected chi connectivity index (χ0v) is 30.0. The molecule has 5 nitrogen and oxygen atoms in total. The van der Waals surface area contributed by atoms with Crippen LogP contribution in [-0.2, 0) is 16.2 Å². The van der Waals surface area contributed by atoms with Gasteiger partial charge in [-0.25, -0.2) is 9.67 Å². The van der Waals surface area contributed by atoms with Gasteiger partial charge in [-0.05, 0) is 108 Å². The Kier molecular flexibility index (Phi) is 5.94.